The van der Waals surface area contributed by atoms with Crippen molar-refractivity contribution in [3.63, 3.8) is 0 Å². The fraction of sp³-hybridized carbons (Fsp3) is 0.882. The highest BCUT2D eigenvalue weighted by Gasteiger charge is 2.37. The number of aromatic nitrogens is 4. The summed E-state index contributed by atoms with van der Waals surface area (Å²) < 4.78 is 7.57. The van der Waals surface area contributed by atoms with Gasteiger partial charge in [-0.2, -0.15) is 0 Å². The SMILES string of the molecule is CCN(CC)C(=O)N1CCN(c2nnnn2CCC2(OC)CCC2)CC1. The van der Waals surface area contributed by atoms with Crippen molar-refractivity contribution in [2.75, 3.05) is 51.3 Å². The van der Waals surface area contributed by atoms with Gasteiger partial charge in [-0.05, 0) is 50.0 Å². The van der Waals surface area contributed by atoms with Gasteiger partial charge >= 0.3 is 6.03 Å². The van der Waals surface area contributed by atoms with E-state index in [1.807, 2.05) is 28.3 Å². The molecule has 0 spiro atoms. The molecule has 1 saturated heterocycles. The van der Waals surface area contributed by atoms with E-state index in [1.54, 1.807) is 7.11 Å². The molecule has 0 radical (unpaired) electrons. The molecule has 0 unspecified atom stereocenters. The molecule has 0 N–H and O–H groups in total. The molecule has 9 heteroatoms. The van der Waals surface area contributed by atoms with Crippen LogP contribution in [0.4, 0.5) is 10.7 Å². The smallest absolute Gasteiger partial charge is 0.320 e. The second-order valence-corrected chi connectivity index (χ2v) is 7.12. The largest absolute Gasteiger partial charge is 0.378 e. The van der Waals surface area contributed by atoms with Crippen molar-refractivity contribution in [2.45, 2.75) is 51.7 Å². The maximum absolute atomic E-state index is 12.5. The highest BCUT2D eigenvalue weighted by atomic mass is 16.5. The van der Waals surface area contributed by atoms with Gasteiger partial charge in [0.05, 0.1) is 5.60 Å². The van der Waals surface area contributed by atoms with E-state index >= 15 is 0 Å². The maximum atomic E-state index is 12.5. The molecule has 0 bridgehead atoms. The summed E-state index contributed by atoms with van der Waals surface area (Å²) in [5, 5.41) is 12.3. The van der Waals surface area contributed by atoms with Crippen molar-refractivity contribution in [2.24, 2.45) is 0 Å². The molecular weight excluding hydrogens is 334 g/mol. The summed E-state index contributed by atoms with van der Waals surface area (Å²) in [7, 11) is 1.80. The van der Waals surface area contributed by atoms with Crippen LogP contribution in [-0.4, -0.2) is 88.0 Å². The Morgan fingerprint density at radius 1 is 1.19 bits per heavy atom. The van der Waals surface area contributed by atoms with Gasteiger partial charge in [0.15, 0.2) is 0 Å². The lowest BCUT2D eigenvalue weighted by atomic mass is 9.77. The molecule has 1 saturated carbocycles. The Labute approximate surface area is 155 Å². The van der Waals surface area contributed by atoms with Crippen molar-refractivity contribution in [1.82, 2.24) is 30.0 Å². The molecule has 3 rings (SSSR count). The normalized spacial score (nSPS) is 19.3. The van der Waals surface area contributed by atoms with Crippen molar-refractivity contribution >= 4 is 12.0 Å². The summed E-state index contributed by atoms with van der Waals surface area (Å²) >= 11 is 0. The Hall–Kier alpha value is -1.90. The second kappa shape index (κ2) is 8.20. The number of anilines is 1. The van der Waals surface area contributed by atoms with Crippen LogP contribution in [-0.2, 0) is 11.3 Å². The number of piperazine rings is 1. The zero-order valence-electron chi connectivity index (χ0n) is 16.2. The van der Waals surface area contributed by atoms with E-state index in [-0.39, 0.29) is 11.6 Å². The number of carbonyl (C=O) groups excluding carboxylic acids is 1. The highest BCUT2D eigenvalue weighted by molar-refractivity contribution is 5.74. The van der Waals surface area contributed by atoms with Crippen LogP contribution in [0.25, 0.3) is 0 Å². The van der Waals surface area contributed by atoms with Gasteiger partial charge in [0, 0.05) is 52.9 Å². The van der Waals surface area contributed by atoms with Gasteiger partial charge in [0.1, 0.15) is 0 Å². The lowest BCUT2D eigenvalue weighted by Crippen LogP contribution is -2.53. The first-order valence-electron chi connectivity index (χ1n) is 9.72. The van der Waals surface area contributed by atoms with Gasteiger partial charge in [-0.25, -0.2) is 9.48 Å². The molecule has 146 valence electrons. The van der Waals surface area contributed by atoms with Crippen LogP contribution in [0.5, 0.6) is 0 Å². The average molecular weight is 365 g/mol. The van der Waals surface area contributed by atoms with E-state index < -0.39 is 0 Å². The van der Waals surface area contributed by atoms with E-state index in [0.717, 1.165) is 57.9 Å². The molecule has 9 nitrogen and oxygen atoms in total. The highest BCUT2D eigenvalue weighted by Crippen LogP contribution is 2.38. The van der Waals surface area contributed by atoms with Crippen LogP contribution in [0.1, 0.15) is 39.5 Å². The monoisotopic (exact) mass is 365 g/mol. The van der Waals surface area contributed by atoms with Crippen molar-refractivity contribution in [3.05, 3.63) is 0 Å². The number of hydrogen-bond donors (Lipinski definition) is 0. The maximum Gasteiger partial charge on any atom is 0.320 e. The van der Waals surface area contributed by atoms with Crippen LogP contribution >= 0.6 is 0 Å². The van der Waals surface area contributed by atoms with E-state index in [0.29, 0.717) is 13.1 Å². The number of urea groups is 1. The van der Waals surface area contributed by atoms with Crippen molar-refractivity contribution in [1.29, 1.82) is 0 Å². The van der Waals surface area contributed by atoms with Crippen LogP contribution in [0.15, 0.2) is 0 Å². The zero-order chi connectivity index (χ0) is 18.6. The number of methoxy groups -OCH3 is 1. The minimum absolute atomic E-state index is 0.0120. The van der Waals surface area contributed by atoms with Gasteiger partial charge in [-0.3, -0.25) is 0 Å². The number of aryl methyl sites for hydroxylation is 1. The van der Waals surface area contributed by atoms with Gasteiger partial charge in [-0.15, -0.1) is 0 Å². The quantitative estimate of drug-likeness (QED) is 0.723. The molecule has 1 aliphatic carbocycles. The third kappa shape index (κ3) is 3.77. The second-order valence-electron chi connectivity index (χ2n) is 7.12. The number of hydrogen-bond acceptors (Lipinski definition) is 6. The predicted octanol–water partition coefficient (Wildman–Crippen LogP) is 1.22. The summed E-state index contributed by atoms with van der Waals surface area (Å²) in [6.45, 7) is 9.18. The summed E-state index contributed by atoms with van der Waals surface area (Å²) in [6.07, 6.45) is 4.40. The molecule has 2 heterocycles. The van der Waals surface area contributed by atoms with E-state index in [9.17, 15) is 4.79 Å². The summed E-state index contributed by atoms with van der Waals surface area (Å²) in [4.78, 5) is 18.4. The fourth-order valence-corrected chi connectivity index (χ4v) is 3.80. The van der Waals surface area contributed by atoms with E-state index in [2.05, 4.69) is 20.4 Å². The summed E-state index contributed by atoms with van der Waals surface area (Å²) in [5.41, 5.74) is 0.0120. The molecule has 2 fully saturated rings. The first-order chi connectivity index (χ1) is 12.6. The zero-order valence-corrected chi connectivity index (χ0v) is 16.2. The Morgan fingerprint density at radius 3 is 2.42 bits per heavy atom. The number of tetrazole rings is 1. The van der Waals surface area contributed by atoms with Crippen LogP contribution < -0.4 is 4.90 Å². The molecule has 1 aromatic heterocycles. The predicted molar refractivity (Wildman–Crippen MR) is 98.1 cm³/mol. The average Bonchev–Trinajstić information content (AvgIpc) is 3.11. The molecular formula is C17H31N7O2. The Bertz CT molecular complexity index is 584. The fourth-order valence-electron chi connectivity index (χ4n) is 3.80. The summed E-state index contributed by atoms with van der Waals surface area (Å²) in [5.74, 6) is 0.797. The topological polar surface area (TPSA) is 79.6 Å². The van der Waals surface area contributed by atoms with Gasteiger partial charge < -0.3 is 19.4 Å². The van der Waals surface area contributed by atoms with Crippen molar-refractivity contribution in [3.8, 4) is 0 Å². The minimum atomic E-state index is 0.0120. The molecule has 1 aliphatic heterocycles. The first kappa shape index (κ1) is 18.9. The Balaban J connectivity index is 1.55. The molecule has 26 heavy (non-hydrogen) atoms. The van der Waals surface area contributed by atoms with Gasteiger partial charge in [-0.1, -0.05) is 5.10 Å². The lowest BCUT2D eigenvalue weighted by Gasteiger charge is -2.41. The molecule has 0 atom stereocenters. The molecule has 1 aromatic rings. The minimum Gasteiger partial charge on any atom is -0.378 e. The molecule has 0 aromatic carbocycles. The summed E-state index contributed by atoms with van der Waals surface area (Å²) in [6, 6.07) is 0.126. The van der Waals surface area contributed by atoms with Gasteiger partial charge in [0.2, 0.25) is 5.95 Å². The number of ether oxygens (including phenoxy) is 1. The third-order valence-electron chi connectivity index (χ3n) is 5.86. The number of carbonyl (C=O) groups is 1. The number of nitrogens with zero attached hydrogens (tertiary/aromatic N) is 7. The van der Waals surface area contributed by atoms with Crippen LogP contribution in [0.2, 0.25) is 0 Å². The first-order valence-corrected chi connectivity index (χ1v) is 9.72. The van der Waals surface area contributed by atoms with Gasteiger partial charge in [0.25, 0.3) is 0 Å². The van der Waals surface area contributed by atoms with Crippen molar-refractivity contribution < 1.29 is 9.53 Å². The van der Waals surface area contributed by atoms with E-state index in [4.69, 9.17) is 4.74 Å². The number of rotatable bonds is 7. The number of amides is 2. The van der Waals surface area contributed by atoms with E-state index in [1.165, 1.54) is 6.42 Å². The molecule has 2 aliphatic rings. The Morgan fingerprint density at radius 2 is 1.88 bits per heavy atom. The Kier molecular flexibility index (Phi) is 5.95. The standard InChI is InChI=1S/C17H31N7O2/c1-4-21(5-2)16(25)23-13-11-22(12-14-23)15-18-19-20-24(15)10-9-17(26-3)7-6-8-17/h4-14H2,1-3H3. The van der Waals surface area contributed by atoms with Crippen LogP contribution in [0.3, 0.4) is 0 Å². The van der Waals surface area contributed by atoms with Crippen LogP contribution in [0, 0.1) is 0 Å². The molecule has 2 amide bonds. The third-order valence-corrected chi connectivity index (χ3v) is 5.86. The lowest BCUT2D eigenvalue weighted by molar-refractivity contribution is -0.0804.